The summed E-state index contributed by atoms with van der Waals surface area (Å²) in [6, 6.07) is 4.34. The SMILES string of the molecule is CC(=O)N[C@@H](CC(C)C)C(=O)C(=O)[C@@H](NN[C@@H](Cc1ccccc1)C(=O)N[C@]1(C)CCCCCC/C=C/CCC[C@@](C)(C(=O)CN[C@@H](C)C(=O)CCN[C@@H](C)C(=O)CCN[C@@H](C)C(=O)CCN[C@@H](C)C(=O)CNC(C)(C)C(=O)N[C@H](C)C(N)=O)NC(=O)[C@H](CC(C)C)NN[C@@H](CCC(N)=O)C(=O)CN[C@@H](C)C(=O)CC(=O)[C@H](Cc2c[nH]c3ccccc23)NN[C@@H](Cc2ccc(O)cc2)C(=O)N[C@@H](CCC(=O)O)C(=O)C1=O)[C@@H](C)O. The number of rotatable bonds is 52. The molecule has 43 nitrogen and oxygen atoms in total. The van der Waals surface area contributed by atoms with Gasteiger partial charge in [-0.05, 0) is 206 Å². The number of carbonyl (C=O) groups is 20. The molecule has 0 saturated carbocycles. The first-order chi connectivity index (χ1) is 70.1. The molecule has 0 saturated heterocycles. The fourth-order valence-electron chi connectivity index (χ4n) is 16.6. The first-order valence-electron chi connectivity index (χ1n) is 51.5. The lowest BCUT2D eigenvalue weighted by molar-refractivity contribution is -0.145. The fourth-order valence-corrected chi connectivity index (χ4v) is 16.6. The van der Waals surface area contributed by atoms with Crippen LogP contribution in [-0.2, 0) is 115 Å². The number of aliphatic hydroxyl groups is 1. The molecular weight excluding hydrogens is 1920 g/mol. The van der Waals surface area contributed by atoms with E-state index in [1.54, 1.807) is 123 Å². The predicted octanol–water partition coefficient (Wildman–Crippen LogP) is 1.46. The molecule has 1 aromatic heterocycles. The third-order valence-electron chi connectivity index (χ3n) is 26.4. The molecule has 0 unspecified atom stereocenters. The van der Waals surface area contributed by atoms with E-state index < -0.39 is 233 Å². The number of hydrogen-bond acceptors (Lipinski definition) is 34. The van der Waals surface area contributed by atoms with Crippen molar-refractivity contribution in [2.24, 2.45) is 23.3 Å². The van der Waals surface area contributed by atoms with E-state index >= 15 is 24.0 Å². The van der Waals surface area contributed by atoms with Gasteiger partial charge in [0.25, 0.3) is 0 Å². The van der Waals surface area contributed by atoms with Gasteiger partial charge in [0, 0.05) is 75.8 Å². The second-order valence-corrected chi connectivity index (χ2v) is 40.8. The Morgan fingerprint density at radius 1 is 0.544 bits per heavy atom. The Kier molecular flexibility index (Phi) is 54.7. The first kappa shape index (κ1) is 127. The molecule has 43 heteroatoms. The standard InChI is InChI=1S/C106H162N20O23/c1-61(2)51-80(117-70(12)128)95(141)97(143)94(69(11)127)126-125-83(53-71-31-25-24-26-32-71)102(148)120-106(16)47-30-23-21-19-17-18-20-22-29-46-105(15,91(137)60-113-65(7)86(132)45-49-110-63(5)84(130)43-48-109-64(6)85(131)44-50-111-67(9)89(135)59-115-104(13,14)103(149)116-68(10)99(108)145)119-101(147)81(52-62(3)4)123-121-77(39-41-92(107)138)90(136)58-112-66(8)87(133)56-88(134)79(55-73-57-114-76-34-28-27-33-75(73)76)122-124-82(54-72-35-37-74(129)38-36-72)100(146)118-78(40-42-93(139)140)96(142)98(106)144/h18,20,24-28,31-38,57,61-69,77-83,94,109-115,121-127,129H,17,19,21-23,29-30,39-56,58-60H2,1-16H3,(H2,107,138)(H2,108,145)(H,116,149)(H,117,128)(H,118,146)(H,119,147)(H,120,148)(H,139,140)/b20-18+/t63-,64-,65-,66-,67-,68+,69+,77-,78-,79-,80-,81-,82-,83-,94-,105-,106+/m0/s1. The maximum Gasteiger partial charge on any atom is 0.303 e. The summed E-state index contributed by atoms with van der Waals surface area (Å²) < 4.78 is 0. The number of aliphatic hydroxyl groups excluding tert-OH is 1. The van der Waals surface area contributed by atoms with Gasteiger partial charge in [0.2, 0.25) is 64.5 Å². The Balaban J connectivity index is 1.46. The molecule has 1 aliphatic rings. The zero-order valence-corrected chi connectivity index (χ0v) is 89.0. The maximum atomic E-state index is 15.7. The van der Waals surface area contributed by atoms with E-state index in [1.165, 1.54) is 58.9 Å². The van der Waals surface area contributed by atoms with Crippen LogP contribution in [0.4, 0.5) is 0 Å². The first-order valence-corrected chi connectivity index (χ1v) is 51.5. The number of amides is 7. The number of para-hydroxylation sites is 1. The highest BCUT2D eigenvalue weighted by atomic mass is 16.4. The molecule has 0 radical (unpaired) electrons. The molecule has 5 rings (SSSR count). The highest BCUT2D eigenvalue weighted by Crippen LogP contribution is 2.26. The van der Waals surface area contributed by atoms with Crippen LogP contribution in [0.5, 0.6) is 5.75 Å². The lowest BCUT2D eigenvalue weighted by Crippen LogP contribution is -2.65. The van der Waals surface area contributed by atoms with Crippen molar-refractivity contribution in [2.45, 2.75) is 359 Å². The number of H-pyrrole nitrogens is 1. The number of aromatic nitrogens is 1. The molecular formula is C106H162N20O23. The van der Waals surface area contributed by atoms with Crippen molar-refractivity contribution < 1.29 is 111 Å². The predicted molar refractivity (Wildman–Crippen MR) is 559 cm³/mol. The van der Waals surface area contributed by atoms with Crippen molar-refractivity contribution in [2.75, 3.05) is 39.3 Å². The minimum atomic E-state index is -2.20. The summed E-state index contributed by atoms with van der Waals surface area (Å²) in [5.41, 5.74) is 25.3. The summed E-state index contributed by atoms with van der Waals surface area (Å²) in [6.07, 6.45) is 3.22. The number of aromatic hydroxyl groups is 1. The third kappa shape index (κ3) is 45.0. The number of allylic oxidation sites excluding steroid dienone is 2. The zero-order valence-electron chi connectivity index (χ0n) is 89.0. The van der Waals surface area contributed by atoms with E-state index in [0.717, 1.165) is 0 Å². The monoisotopic (exact) mass is 2080 g/mol. The largest absolute Gasteiger partial charge is 0.508 e. The lowest BCUT2D eigenvalue weighted by atomic mass is 9.84. The Morgan fingerprint density at radius 3 is 1.69 bits per heavy atom. The maximum absolute atomic E-state index is 15.7. The van der Waals surface area contributed by atoms with Crippen molar-refractivity contribution in [1.29, 1.82) is 0 Å². The Morgan fingerprint density at radius 2 is 1.11 bits per heavy atom. The van der Waals surface area contributed by atoms with Gasteiger partial charge >= 0.3 is 5.97 Å². The molecule has 0 fully saturated rings. The second-order valence-electron chi connectivity index (χ2n) is 40.8. The van der Waals surface area contributed by atoms with Crippen LogP contribution in [0.25, 0.3) is 10.9 Å². The van der Waals surface area contributed by atoms with Gasteiger partial charge in [-0.2, -0.15) is 0 Å². The fraction of sp³-hybridized carbons (Fsp3) is 0.604. The highest BCUT2D eigenvalue weighted by Gasteiger charge is 2.46. The van der Waals surface area contributed by atoms with Gasteiger partial charge in [0.15, 0.2) is 46.3 Å². The number of ketones is 12. The minimum Gasteiger partial charge on any atom is -0.508 e. The molecule has 0 aliphatic carbocycles. The molecule has 824 valence electrons. The third-order valence-corrected chi connectivity index (χ3v) is 26.4. The molecule has 4 aromatic rings. The smallest absolute Gasteiger partial charge is 0.303 e. The lowest BCUT2D eigenvalue weighted by Gasteiger charge is -2.33. The van der Waals surface area contributed by atoms with Crippen molar-refractivity contribution in [3.63, 3.8) is 0 Å². The average molecular weight is 2080 g/mol. The summed E-state index contributed by atoms with van der Waals surface area (Å²) in [5.74, 6) is -15.6. The van der Waals surface area contributed by atoms with E-state index in [4.69, 9.17) is 11.5 Å². The Bertz CT molecular complexity index is 5220. The van der Waals surface area contributed by atoms with Gasteiger partial charge in [-0.25, -0.2) is 32.6 Å². The molecule has 1 aliphatic heterocycles. The van der Waals surface area contributed by atoms with Crippen molar-refractivity contribution in [1.82, 2.24) is 96.0 Å². The van der Waals surface area contributed by atoms with Gasteiger partial charge in [0.1, 0.15) is 41.5 Å². The summed E-state index contributed by atoms with van der Waals surface area (Å²) >= 11 is 0. The highest BCUT2D eigenvalue weighted by molar-refractivity contribution is 6.43. The average Bonchev–Trinajstić information content (AvgIpc) is 1.43. The van der Waals surface area contributed by atoms with Gasteiger partial charge in [-0.15, -0.1) is 0 Å². The van der Waals surface area contributed by atoms with Crippen molar-refractivity contribution >= 4 is 128 Å². The number of carboxylic acid groups (broad SMARTS) is 1. The van der Waals surface area contributed by atoms with Crippen LogP contribution in [-0.4, -0.2) is 284 Å². The minimum absolute atomic E-state index is 0.0349. The van der Waals surface area contributed by atoms with Gasteiger partial charge in [0.05, 0.1) is 97.6 Å². The second kappa shape index (κ2) is 63.9. The van der Waals surface area contributed by atoms with Gasteiger partial charge in [-0.1, -0.05) is 120 Å². The van der Waals surface area contributed by atoms with Crippen molar-refractivity contribution in [3.8, 4) is 5.75 Å². The Labute approximate surface area is 872 Å². The number of hydrazine groups is 3. The van der Waals surface area contributed by atoms with Crippen LogP contribution in [0.3, 0.4) is 0 Å². The quantitative estimate of drug-likeness (QED) is 0.0129. The molecule has 2 heterocycles. The number of carbonyl (C=O) groups excluding carboxylic acids is 19. The number of carboxylic acids is 1. The van der Waals surface area contributed by atoms with Gasteiger partial charge < -0.3 is 84.9 Å². The molecule has 0 bridgehead atoms. The molecule has 149 heavy (non-hydrogen) atoms. The van der Waals surface area contributed by atoms with E-state index in [-0.39, 0.29) is 150 Å². The van der Waals surface area contributed by atoms with Crippen LogP contribution in [0.2, 0.25) is 0 Å². The molecule has 0 spiro atoms. The number of primary amides is 2. The molecule has 25 N–H and O–H groups in total. The molecule has 17 atom stereocenters. The molecule has 3 aromatic carbocycles. The number of fused-ring (bicyclic) bond motifs is 1. The van der Waals surface area contributed by atoms with Crippen molar-refractivity contribution in [3.05, 3.63) is 114 Å². The van der Waals surface area contributed by atoms with Crippen LogP contribution < -0.4 is 103 Å². The number of phenols is 1. The molecule has 7 amide bonds. The number of phenolic OH excluding ortho intramolecular Hbond substituents is 1. The van der Waals surface area contributed by atoms with Crippen LogP contribution in [0.1, 0.15) is 249 Å². The van der Waals surface area contributed by atoms with Crippen LogP contribution >= 0.6 is 0 Å². The number of benzene rings is 3. The summed E-state index contributed by atoms with van der Waals surface area (Å²) in [4.78, 5) is 282. The number of nitrogens with one attached hydrogen (secondary N) is 18. The van der Waals surface area contributed by atoms with Gasteiger partial charge in [-0.3, -0.25) is 101 Å². The normalized spacial score (nSPS) is 21.6. The van der Waals surface area contributed by atoms with Crippen LogP contribution in [0.15, 0.2) is 97.2 Å². The summed E-state index contributed by atoms with van der Waals surface area (Å²) in [5, 5.41) is 63.8. The summed E-state index contributed by atoms with van der Waals surface area (Å²) in [6.45, 7) is 24.2. The zero-order chi connectivity index (χ0) is 111. The topological polar surface area (TPSA) is 674 Å². The number of nitrogens with two attached hydrogens (primary N) is 2. The van der Waals surface area contributed by atoms with E-state index in [0.29, 0.717) is 66.1 Å². The van der Waals surface area contributed by atoms with E-state index in [1.807, 2.05) is 26.0 Å². The van der Waals surface area contributed by atoms with E-state index in [9.17, 15) is 87.2 Å². The number of Topliss-reactive ketones (excluding diaryl/α,β-unsaturated/α-hetero) is 12. The Hall–Kier alpha value is -12.0. The summed E-state index contributed by atoms with van der Waals surface area (Å²) in [7, 11) is 0. The number of hydrogen-bond donors (Lipinski definition) is 23. The number of aromatic amines is 1. The number of aliphatic carboxylic acids is 1. The van der Waals surface area contributed by atoms with E-state index in [2.05, 4.69) is 96.0 Å². The van der Waals surface area contributed by atoms with Crippen LogP contribution in [0, 0.1) is 11.8 Å².